The Morgan fingerprint density at radius 3 is 2.71 bits per heavy atom. The van der Waals surface area contributed by atoms with Crippen LogP contribution in [0.4, 0.5) is 4.39 Å². The summed E-state index contributed by atoms with van der Waals surface area (Å²) in [7, 11) is 1.63. The predicted molar refractivity (Wildman–Crippen MR) is 90.5 cm³/mol. The molecule has 7 heteroatoms. The molecule has 1 atom stereocenters. The topological polar surface area (TPSA) is 57.0 Å². The fourth-order valence-corrected chi connectivity index (χ4v) is 3.01. The summed E-state index contributed by atoms with van der Waals surface area (Å²) in [5.41, 5.74) is 1.90. The van der Waals surface area contributed by atoms with Gasteiger partial charge in [0.05, 0.1) is 17.9 Å². The number of ether oxygens (including phenoxy) is 1. The van der Waals surface area contributed by atoms with Gasteiger partial charge < -0.3 is 4.74 Å². The van der Waals surface area contributed by atoms with Gasteiger partial charge in [-0.25, -0.2) is 14.1 Å². The van der Waals surface area contributed by atoms with Crippen molar-refractivity contribution in [3.63, 3.8) is 0 Å². The number of nitrogens with zero attached hydrogens (tertiary/aromatic N) is 3. The second-order valence-corrected chi connectivity index (χ2v) is 6.17. The highest BCUT2D eigenvalue weighted by atomic mass is 32.1. The molecule has 2 heterocycles. The monoisotopic (exact) mass is 345 g/mol. The number of halogens is 1. The van der Waals surface area contributed by atoms with E-state index in [2.05, 4.69) is 10.1 Å². The molecular formula is C17H16FN3O2S. The Kier molecular flexibility index (Phi) is 4.82. The van der Waals surface area contributed by atoms with Crippen LogP contribution in [0.25, 0.3) is 11.3 Å². The first-order valence-corrected chi connectivity index (χ1v) is 8.26. The summed E-state index contributed by atoms with van der Waals surface area (Å²) in [4.78, 5) is 16.5. The highest BCUT2D eigenvalue weighted by Crippen LogP contribution is 2.21. The third kappa shape index (κ3) is 3.58. The number of hydrogen-bond acceptors (Lipinski definition) is 5. The van der Waals surface area contributed by atoms with Crippen LogP contribution in [0.2, 0.25) is 0 Å². The van der Waals surface area contributed by atoms with Crippen LogP contribution in [0.3, 0.4) is 0 Å². The molecular weight excluding hydrogens is 329 g/mol. The summed E-state index contributed by atoms with van der Waals surface area (Å²) >= 11 is 1.49. The quantitative estimate of drug-likeness (QED) is 0.712. The van der Waals surface area contributed by atoms with Gasteiger partial charge in [-0.3, -0.25) is 4.79 Å². The van der Waals surface area contributed by atoms with Crippen LogP contribution in [-0.2, 0) is 11.3 Å². The second kappa shape index (κ2) is 7.02. The maximum Gasteiger partial charge on any atom is 0.267 e. The van der Waals surface area contributed by atoms with E-state index in [1.54, 1.807) is 25.3 Å². The number of rotatable bonds is 5. The maximum atomic E-state index is 13.0. The Balaban J connectivity index is 1.88. The molecule has 1 aromatic carbocycles. The SMILES string of the molecule is CO[C@@H](C)c1nc(Cn2nc(-c3ccc(F)cc3)ccc2=O)cs1. The van der Waals surface area contributed by atoms with Crippen molar-refractivity contribution in [1.29, 1.82) is 0 Å². The van der Waals surface area contributed by atoms with E-state index in [9.17, 15) is 9.18 Å². The van der Waals surface area contributed by atoms with Crippen LogP contribution in [0.15, 0.2) is 46.6 Å². The molecule has 3 rings (SSSR count). The van der Waals surface area contributed by atoms with Crippen LogP contribution < -0.4 is 5.56 Å². The molecule has 2 aromatic heterocycles. The first-order chi connectivity index (χ1) is 11.6. The molecule has 0 saturated carbocycles. The van der Waals surface area contributed by atoms with E-state index in [0.29, 0.717) is 5.69 Å². The van der Waals surface area contributed by atoms with Gasteiger partial charge in [0.25, 0.3) is 5.56 Å². The fraction of sp³-hybridized carbons (Fsp3) is 0.235. The molecule has 0 fully saturated rings. The summed E-state index contributed by atoms with van der Waals surface area (Å²) in [5, 5.41) is 7.11. The summed E-state index contributed by atoms with van der Waals surface area (Å²) in [5.74, 6) is -0.311. The minimum absolute atomic E-state index is 0.0843. The molecule has 5 nitrogen and oxygen atoms in total. The zero-order valence-electron chi connectivity index (χ0n) is 13.3. The highest BCUT2D eigenvalue weighted by Gasteiger charge is 2.11. The van der Waals surface area contributed by atoms with Gasteiger partial charge in [0.15, 0.2) is 0 Å². The van der Waals surface area contributed by atoms with E-state index >= 15 is 0 Å². The third-order valence-electron chi connectivity index (χ3n) is 3.59. The van der Waals surface area contributed by atoms with Gasteiger partial charge in [-0.15, -0.1) is 11.3 Å². The molecule has 0 bridgehead atoms. The van der Waals surface area contributed by atoms with Gasteiger partial charge in [0, 0.05) is 24.1 Å². The first kappa shape index (κ1) is 16.5. The molecule has 3 aromatic rings. The lowest BCUT2D eigenvalue weighted by atomic mass is 10.1. The number of aromatic nitrogens is 3. The standard InChI is InChI=1S/C17H16FN3O2S/c1-11(23-2)17-19-14(10-24-17)9-21-16(22)8-7-15(20-21)12-3-5-13(18)6-4-12/h3-8,10-11H,9H2,1-2H3/t11-/m0/s1. The van der Waals surface area contributed by atoms with Crippen LogP contribution >= 0.6 is 11.3 Å². The van der Waals surface area contributed by atoms with E-state index in [1.807, 2.05) is 12.3 Å². The van der Waals surface area contributed by atoms with Crippen LogP contribution in [0, 0.1) is 5.82 Å². The Morgan fingerprint density at radius 2 is 2.00 bits per heavy atom. The van der Waals surface area contributed by atoms with E-state index in [0.717, 1.165) is 16.3 Å². The molecule has 0 saturated heterocycles. The molecule has 0 aliphatic carbocycles. The summed E-state index contributed by atoms with van der Waals surface area (Å²) in [6.45, 7) is 2.20. The van der Waals surface area contributed by atoms with Crippen molar-refractivity contribution >= 4 is 11.3 Å². The van der Waals surface area contributed by atoms with Crippen molar-refractivity contribution in [3.8, 4) is 11.3 Å². The van der Waals surface area contributed by atoms with E-state index in [4.69, 9.17) is 4.74 Å². The first-order valence-electron chi connectivity index (χ1n) is 7.38. The van der Waals surface area contributed by atoms with E-state index in [-0.39, 0.29) is 24.0 Å². The molecule has 0 spiro atoms. The van der Waals surface area contributed by atoms with Crippen LogP contribution in [0.1, 0.15) is 23.7 Å². The van der Waals surface area contributed by atoms with Crippen molar-refractivity contribution in [3.05, 3.63) is 68.7 Å². The summed E-state index contributed by atoms with van der Waals surface area (Å²) < 4.78 is 19.6. The lowest BCUT2D eigenvalue weighted by molar-refractivity contribution is 0.119. The lowest BCUT2D eigenvalue weighted by Gasteiger charge is -2.06. The van der Waals surface area contributed by atoms with Crippen molar-refractivity contribution in [2.24, 2.45) is 0 Å². The number of thiazole rings is 1. The molecule has 0 N–H and O–H groups in total. The largest absolute Gasteiger partial charge is 0.375 e. The summed E-state index contributed by atoms with van der Waals surface area (Å²) in [6.07, 6.45) is -0.0843. The van der Waals surface area contributed by atoms with Crippen LogP contribution in [-0.4, -0.2) is 21.9 Å². The maximum absolute atomic E-state index is 13.0. The van der Waals surface area contributed by atoms with Crippen LogP contribution in [0.5, 0.6) is 0 Å². The van der Waals surface area contributed by atoms with Gasteiger partial charge >= 0.3 is 0 Å². The fourth-order valence-electron chi connectivity index (χ4n) is 2.17. The number of methoxy groups -OCH3 is 1. The molecule has 0 aliphatic rings. The average Bonchev–Trinajstić information content (AvgIpc) is 3.05. The predicted octanol–water partition coefficient (Wildman–Crippen LogP) is 3.26. The van der Waals surface area contributed by atoms with Crippen molar-refractivity contribution < 1.29 is 9.13 Å². The molecule has 0 unspecified atom stereocenters. The zero-order chi connectivity index (χ0) is 17.1. The number of hydrogen-bond donors (Lipinski definition) is 0. The minimum atomic E-state index is -0.311. The van der Waals surface area contributed by atoms with Crippen molar-refractivity contribution in [2.75, 3.05) is 7.11 Å². The van der Waals surface area contributed by atoms with E-state index in [1.165, 1.54) is 34.2 Å². The van der Waals surface area contributed by atoms with E-state index < -0.39 is 0 Å². The average molecular weight is 345 g/mol. The molecule has 24 heavy (non-hydrogen) atoms. The van der Waals surface area contributed by atoms with Gasteiger partial charge in [-0.1, -0.05) is 0 Å². The Morgan fingerprint density at radius 1 is 1.25 bits per heavy atom. The second-order valence-electron chi connectivity index (χ2n) is 5.28. The molecule has 0 radical (unpaired) electrons. The van der Waals surface area contributed by atoms with Gasteiger partial charge in [0.1, 0.15) is 16.9 Å². The van der Waals surface area contributed by atoms with Crippen molar-refractivity contribution in [1.82, 2.24) is 14.8 Å². The lowest BCUT2D eigenvalue weighted by Crippen LogP contribution is -2.23. The smallest absolute Gasteiger partial charge is 0.267 e. The van der Waals surface area contributed by atoms with Gasteiger partial charge in [0.2, 0.25) is 0 Å². The normalized spacial score (nSPS) is 12.3. The third-order valence-corrected chi connectivity index (χ3v) is 4.64. The molecule has 124 valence electrons. The highest BCUT2D eigenvalue weighted by molar-refractivity contribution is 7.09. The minimum Gasteiger partial charge on any atom is -0.375 e. The number of benzene rings is 1. The Bertz CT molecular complexity index is 889. The summed E-state index contributed by atoms with van der Waals surface area (Å²) in [6, 6.07) is 9.08. The molecule has 0 amide bonds. The molecule has 0 aliphatic heterocycles. The van der Waals surface area contributed by atoms with Gasteiger partial charge in [-0.05, 0) is 37.3 Å². The Labute approximate surface area is 142 Å². The van der Waals surface area contributed by atoms with Crippen molar-refractivity contribution in [2.45, 2.75) is 19.6 Å². The van der Waals surface area contributed by atoms with Gasteiger partial charge in [-0.2, -0.15) is 5.10 Å². The zero-order valence-corrected chi connectivity index (χ0v) is 14.1. The Hall–Kier alpha value is -2.38.